The lowest BCUT2D eigenvalue weighted by molar-refractivity contribution is -0.120. The summed E-state index contributed by atoms with van der Waals surface area (Å²) >= 11 is 0. The van der Waals surface area contributed by atoms with Gasteiger partial charge < -0.3 is 20.6 Å². The van der Waals surface area contributed by atoms with Crippen molar-refractivity contribution in [3.8, 4) is 0 Å². The summed E-state index contributed by atoms with van der Waals surface area (Å²) in [6, 6.07) is 0. The van der Waals surface area contributed by atoms with E-state index >= 15 is 0 Å². The standard InChI is InChI=1S/C21H37NO4/c1-3-4-7-10-16(23)13-14-18-17(19(24)15-20(18)25)11-8-5-6-9-12-21(26)22-2/h5,8,13-14,16-20,23-25H,3-4,6-7,9-12,15H2,1-2H3,(H,22,26)/b8-5-,14-13+/t16-,17+,18+,19-,20+/m0/s1. The molecule has 1 rings (SSSR count). The molecule has 150 valence electrons. The van der Waals surface area contributed by atoms with Gasteiger partial charge in [-0.15, -0.1) is 0 Å². The first-order chi connectivity index (χ1) is 12.5. The van der Waals surface area contributed by atoms with Gasteiger partial charge in [0.1, 0.15) is 0 Å². The van der Waals surface area contributed by atoms with Gasteiger partial charge in [0.2, 0.25) is 5.91 Å². The SMILES string of the molecule is CCCCC[C@H](O)/C=C/[C@@H]1[C@@H](C/C=C\CCCC(=O)NC)[C@@H](O)C[C@H]1O. The summed E-state index contributed by atoms with van der Waals surface area (Å²) in [5.41, 5.74) is 0. The predicted octanol–water partition coefficient (Wildman–Crippen LogP) is 2.70. The van der Waals surface area contributed by atoms with Gasteiger partial charge in [0.15, 0.2) is 0 Å². The van der Waals surface area contributed by atoms with Gasteiger partial charge >= 0.3 is 0 Å². The maximum Gasteiger partial charge on any atom is 0.219 e. The molecule has 0 aromatic carbocycles. The summed E-state index contributed by atoms with van der Waals surface area (Å²) in [5.74, 6) is -0.101. The van der Waals surface area contributed by atoms with Crippen molar-refractivity contribution in [1.82, 2.24) is 5.32 Å². The number of aliphatic hydroxyl groups excluding tert-OH is 3. The van der Waals surface area contributed by atoms with Gasteiger partial charge in [-0.1, -0.05) is 50.5 Å². The lowest BCUT2D eigenvalue weighted by atomic mass is 9.89. The first-order valence-electron chi connectivity index (χ1n) is 10.1. The van der Waals surface area contributed by atoms with Gasteiger partial charge in [0.05, 0.1) is 18.3 Å². The largest absolute Gasteiger partial charge is 0.393 e. The lowest BCUT2D eigenvalue weighted by Gasteiger charge is -2.19. The van der Waals surface area contributed by atoms with E-state index in [1.807, 2.05) is 18.2 Å². The number of hydrogen-bond acceptors (Lipinski definition) is 4. The minimum atomic E-state index is -0.559. The molecular weight excluding hydrogens is 330 g/mol. The zero-order valence-corrected chi connectivity index (χ0v) is 16.3. The molecule has 0 aromatic rings. The van der Waals surface area contributed by atoms with E-state index in [2.05, 4.69) is 12.2 Å². The van der Waals surface area contributed by atoms with E-state index in [0.717, 1.165) is 38.5 Å². The smallest absolute Gasteiger partial charge is 0.219 e. The van der Waals surface area contributed by atoms with E-state index in [1.165, 1.54) is 0 Å². The number of carbonyl (C=O) groups excluding carboxylic acids is 1. The van der Waals surface area contributed by atoms with Gasteiger partial charge in [-0.3, -0.25) is 4.79 Å². The van der Waals surface area contributed by atoms with Crippen molar-refractivity contribution in [2.75, 3.05) is 7.05 Å². The van der Waals surface area contributed by atoms with Crippen LogP contribution in [0.3, 0.4) is 0 Å². The molecule has 0 aromatic heterocycles. The summed E-state index contributed by atoms with van der Waals surface area (Å²) in [7, 11) is 1.64. The van der Waals surface area contributed by atoms with E-state index in [1.54, 1.807) is 13.1 Å². The molecule has 0 aliphatic heterocycles. The molecule has 1 amide bonds. The second-order valence-corrected chi connectivity index (χ2v) is 7.33. The van der Waals surface area contributed by atoms with Crippen molar-refractivity contribution in [2.45, 2.75) is 83.0 Å². The molecule has 5 nitrogen and oxygen atoms in total. The van der Waals surface area contributed by atoms with Crippen LogP contribution in [0, 0.1) is 11.8 Å². The fraction of sp³-hybridized carbons (Fsp3) is 0.762. The Morgan fingerprint density at radius 3 is 2.65 bits per heavy atom. The van der Waals surface area contributed by atoms with Crippen LogP contribution >= 0.6 is 0 Å². The third-order valence-electron chi connectivity index (χ3n) is 5.20. The fourth-order valence-electron chi connectivity index (χ4n) is 3.54. The number of hydrogen-bond donors (Lipinski definition) is 4. The van der Waals surface area contributed by atoms with Crippen molar-refractivity contribution < 1.29 is 20.1 Å². The fourth-order valence-corrected chi connectivity index (χ4v) is 3.54. The molecule has 0 radical (unpaired) electrons. The van der Waals surface area contributed by atoms with Crippen LogP contribution < -0.4 is 5.32 Å². The van der Waals surface area contributed by atoms with Crippen molar-refractivity contribution in [3.05, 3.63) is 24.3 Å². The Morgan fingerprint density at radius 1 is 1.19 bits per heavy atom. The molecule has 26 heavy (non-hydrogen) atoms. The van der Waals surface area contributed by atoms with Crippen LogP contribution in [0.1, 0.15) is 64.7 Å². The van der Waals surface area contributed by atoms with Gasteiger partial charge in [-0.05, 0) is 31.6 Å². The Balaban J connectivity index is 2.44. The minimum absolute atomic E-state index is 0.0284. The number of allylic oxidation sites excluding steroid dienone is 2. The first kappa shape index (κ1) is 22.9. The molecule has 0 saturated heterocycles. The quantitative estimate of drug-likeness (QED) is 0.315. The highest BCUT2D eigenvalue weighted by molar-refractivity contribution is 5.75. The number of rotatable bonds is 12. The number of carbonyl (C=O) groups is 1. The molecule has 0 heterocycles. The molecule has 0 unspecified atom stereocenters. The summed E-state index contributed by atoms with van der Waals surface area (Å²) in [4.78, 5) is 11.2. The first-order valence-corrected chi connectivity index (χ1v) is 10.1. The van der Waals surface area contributed by atoms with Crippen LogP contribution in [0.25, 0.3) is 0 Å². The Bertz CT molecular complexity index is 449. The Hall–Kier alpha value is -1.17. The highest BCUT2D eigenvalue weighted by atomic mass is 16.3. The second-order valence-electron chi connectivity index (χ2n) is 7.33. The second kappa shape index (κ2) is 13.1. The van der Waals surface area contributed by atoms with Crippen molar-refractivity contribution >= 4 is 5.91 Å². The number of nitrogens with one attached hydrogen (secondary N) is 1. The van der Waals surface area contributed by atoms with Gasteiger partial charge in [-0.25, -0.2) is 0 Å². The molecule has 1 aliphatic rings. The lowest BCUT2D eigenvalue weighted by Crippen LogP contribution is -2.20. The Morgan fingerprint density at radius 2 is 1.96 bits per heavy atom. The molecule has 1 aliphatic carbocycles. The van der Waals surface area contributed by atoms with E-state index < -0.39 is 18.3 Å². The van der Waals surface area contributed by atoms with Crippen LogP contribution in [0.15, 0.2) is 24.3 Å². The molecule has 4 N–H and O–H groups in total. The average molecular weight is 368 g/mol. The predicted molar refractivity (Wildman–Crippen MR) is 105 cm³/mol. The molecule has 5 heteroatoms. The van der Waals surface area contributed by atoms with Crippen LogP contribution in [0.5, 0.6) is 0 Å². The van der Waals surface area contributed by atoms with E-state index in [-0.39, 0.29) is 17.7 Å². The molecule has 0 bridgehead atoms. The summed E-state index contributed by atoms with van der Waals surface area (Å²) in [6.07, 6.45) is 13.4. The zero-order valence-electron chi connectivity index (χ0n) is 16.3. The normalized spacial score (nSPS) is 27.4. The molecule has 5 atom stereocenters. The summed E-state index contributed by atoms with van der Waals surface area (Å²) < 4.78 is 0. The summed E-state index contributed by atoms with van der Waals surface area (Å²) in [5, 5.41) is 33.1. The molecule has 1 fully saturated rings. The van der Waals surface area contributed by atoms with Crippen molar-refractivity contribution in [3.63, 3.8) is 0 Å². The number of unbranched alkanes of at least 4 members (excludes halogenated alkanes) is 3. The van der Waals surface area contributed by atoms with Crippen LogP contribution in [0.4, 0.5) is 0 Å². The Kier molecular flexibility index (Phi) is 11.5. The van der Waals surface area contributed by atoms with E-state index in [9.17, 15) is 20.1 Å². The van der Waals surface area contributed by atoms with E-state index in [0.29, 0.717) is 19.3 Å². The van der Waals surface area contributed by atoms with Crippen LogP contribution in [-0.2, 0) is 4.79 Å². The minimum Gasteiger partial charge on any atom is -0.393 e. The van der Waals surface area contributed by atoms with Crippen LogP contribution in [0.2, 0.25) is 0 Å². The highest BCUT2D eigenvalue weighted by Gasteiger charge is 2.39. The average Bonchev–Trinajstić information content (AvgIpc) is 2.89. The number of aliphatic hydroxyl groups is 3. The van der Waals surface area contributed by atoms with Crippen molar-refractivity contribution in [2.24, 2.45) is 11.8 Å². The van der Waals surface area contributed by atoms with Gasteiger partial charge in [-0.2, -0.15) is 0 Å². The highest BCUT2D eigenvalue weighted by Crippen LogP contribution is 2.36. The molecule has 1 saturated carbocycles. The topological polar surface area (TPSA) is 89.8 Å². The molecular formula is C21H37NO4. The third-order valence-corrected chi connectivity index (χ3v) is 5.20. The zero-order chi connectivity index (χ0) is 19.4. The molecule has 0 spiro atoms. The number of amides is 1. The van der Waals surface area contributed by atoms with Gasteiger partial charge in [0, 0.05) is 25.8 Å². The van der Waals surface area contributed by atoms with E-state index in [4.69, 9.17) is 0 Å². The van der Waals surface area contributed by atoms with Gasteiger partial charge in [0.25, 0.3) is 0 Å². The third kappa shape index (κ3) is 8.47. The monoisotopic (exact) mass is 367 g/mol. The van der Waals surface area contributed by atoms with Crippen molar-refractivity contribution in [1.29, 1.82) is 0 Å². The summed E-state index contributed by atoms with van der Waals surface area (Å²) in [6.45, 7) is 2.13. The van der Waals surface area contributed by atoms with Crippen LogP contribution in [-0.4, -0.2) is 46.6 Å². The Labute approximate surface area is 158 Å². The maximum atomic E-state index is 11.2. The maximum absolute atomic E-state index is 11.2.